The van der Waals surface area contributed by atoms with Gasteiger partial charge in [0.2, 0.25) is 10.0 Å². The molecule has 5 rings (SSSR count). The number of imidazole rings is 1. The summed E-state index contributed by atoms with van der Waals surface area (Å²) in [4.78, 5) is 7.36. The highest BCUT2D eigenvalue weighted by atomic mass is 32.2. The largest absolute Gasteiger partial charge is 0.573 e. The molecule has 0 spiro atoms. The molecule has 0 saturated carbocycles. The highest BCUT2D eigenvalue weighted by Gasteiger charge is 2.31. The molecule has 0 aliphatic carbocycles. The number of hydrogen-bond donors (Lipinski definition) is 1. The van der Waals surface area contributed by atoms with E-state index in [1.165, 1.54) is 24.3 Å². The lowest BCUT2D eigenvalue weighted by Gasteiger charge is -2.25. The van der Waals surface area contributed by atoms with Crippen molar-refractivity contribution in [3.63, 3.8) is 0 Å². The summed E-state index contributed by atoms with van der Waals surface area (Å²) >= 11 is 0. The van der Waals surface area contributed by atoms with Crippen LogP contribution in [-0.4, -0.2) is 29.2 Å². The van der Waals surface area contributed by atoms with E-state index in [0.29, 0.717) is 19.6 Å². The van der Waals surface area contributed by atoms with Crippen molar-refractivity contribution in [3.8, 4) is 28.4 Å². The van der Waals surface area contributed by atoms with E-state index in [2.05, 4.69) is 21.1 Å². The zero-order valence-electron chi connectivity index (χ0n) is 25.3. The van der Waals surface area contributed by atoms with Gasteiger partial charge in [-0.25, -0.2) is 18.5 Å². The second-order valence-electron chi connectivity index (χ2n) is 11.0. The molecule has 0 aliphatic heterocycles. The maximum atomic E-state index is 12.8. The zero-order valence-corrected chi connectivity index (χ0v) is 26.1. The number of unbranched alkanes of at least 4 members (excludes halogenated alkanes) is 1. The molecule has 0 saturated heterocycles. The molecule has 0 bridgehead atoms. The summed E-state index contributed by atoms with van der Waals surface area (Å²) in [5, 5.41) is 5.31. The Balaban J connectivity index is 1.57. The van der Waals surface area contributed by atoms with Crippen molar-refractivity contribution < 1.29 is 26.3 Å². The van der Waals surface area contributed by atoms with Crippen LogP contribution in [0.2, 0.25) is 0 Å². The van der Waals surface area contributed by atoms with Crippen LogP contribution in [-0.2, 0) is 36.2 Å². The Morgan fingerprint density at radius 1 is 0.783 bits per heavy atom. The zero-order chi connectivity index (χ0) is 32.7. The highest BCUT2D eigenvalue weighted by Crippen LogP contribution is 2.32. The molecule has 1 heterocycles. The first kappa shape index (κ1) is 32.9. The molecule has 0 aliphatic rings. The third kappa shape index (κ3) is 8.63. The van der Waals surface area contributed by atoms with E-state index in [1.807, 2.05) is 60.7 Å². The number of rotatable bonds is 13. The van der Waals surface area contributed by atoms with Crippen LogP contribution in [0.1, 0.15) is 36.6 Å². The van der Waals surface area contributed by atoms with Gasteiger partial charge in [0.1, 0.15) is 11.6 Å². The lowest BCUT2D eigenvalue weighted by molar-refractivity contribution is -0.274. The number of nitrogens with zero attached hydrogens (tertiary/aromatic N) is 3. The number of benzene rings is 4. The molecule has 0 unspecified atom stereocenters. The Morgan fingerprint density at radius 3 is 1.85 bits per heavy atom. The summed E-state index contributed by atoms with van der Waals surface area (Å²) in [7, 11) is -3.85. The van der Waals surface area contributed by atoms with Crippen LogP contribution in [0.3, 0.4) is 0 Å². The van der Waals surface area contributed by atoms with Crippen LogP contribution in [0.4, 0.5) is 13.2 Å². The molecule has 4 aromatic carbocycles. The molecule has 0 radical (unpaired) electrons. The van der Waals surface area contributed by atoms with Crippen LogP contribution in [0.15, 0.2) is 114 Å². The standard InChI is InChI=1S/C35H35F3N4O3S/c1-2-3-22-42-32(33(28-10-6-4-7-11-28)40-34(42)29-12-8-5-9-13-29)25-41(24-27-16-20-31(21-17-27)46(39,43)44)23-26-14-18-30(19-15-26)45-35(36,37)38/h4-21H,2-3,22-25H2,1H3,(H2,39,43,44). The number of sulfonamides is 1. The van der Waals surface area contributed by atoms with E-state index in [1.54, 1.807) is 24.3 Å². The Kier molecular flexibility index (Phi) is 10.3. The van der Waals surface area contributed by atoms with Crippen molar-refractivity contribution >= 4 is 10.0 Å². The van der Waals surface area contributed by atoms with Crippen molar-refractivity contribution in [3.05, 3.63) is 126 Å². The van der Waals surface area contributed by atoms with Gasteiger partial charge in [-0.05, 0) is 41.8 Å². The minimum Gasteiger partial charge on any atom is -0.406 e. The van der Waals surface area contributed by atoms with Gasteiger partial charge in [0.25, 0.3) is 0 Å². The van der Waals surface area contributed by atoms with Gasteiger partial charge in [-0.15, -0.1) is 13.2 Å². The molecule has 2 N–H and O–H groups in total. The number of aromatic nitrogens is 2. The second-order valence-corrected chi connectivity index (χ2v) is 12.6. The second kappa shape index (κ2) is 14.3. The summed E-state index contributed by atoms with van der Waals surface area (Å²) in [6.45, 7) is 4.14. The molecule has 5 aromatic rings. The van der Waals surface area contributed by atoms with E-state index >= 15 is 0 Å². The number of ether oxygens (including phenoxy) is 1. The fourth-order valence-corrected chi connectivity index (χ4v) is 5.83. The monoisotopic (exact) mass is 648 g/mol. The molecule has 1 aromatic heterocycles. The average Bonchev–Trinajstić information content (AvgIpc) is 3.38. The maximum absolute atomic E-state index is 12.8. The third-order valence-electron chi connectivity index (χ3n) is 7.48. The van der Waals surface area contributed by atoms with Gasteiger partial charge in [-0.1, -0.05) is 98.3 Å². The van der Waals surface area contributed by atoms with Gasteiger partial charge in [0.15, 0.2) is 0 Å². The minimum atomic E-state index is -4.78. The normalized spacial score (nSPS) is 12.0. The molecule has 11 heteroatoms. The van der Waals surface area contributed by atoms with Gasteiger partial charge < -0.3 is 9.30 Å². The quantitative estimate of drug-likeness (QED) is 0.141. The number of alkyl halides is 3. The van der Waals surface area contributed by atoms with Crippen molar-refractivity contribution in [2.75, 3.05) is 0 Å². The Labute approximate surface area is 267 Å². The van der Waals surface area contributed by atoms with Crippen LogP contribution in [0.5, 0.6) is 5.75 Å². The summed E-state index contributed by atoms with van der Waals surface area (Å²) < 4.78 is 68.4. The number of primary sulfonamides is 1. The lowest BCUT2D eigenvalue weighted by Crippen LogP contribution is -2.25. The Morgan fingerprint density at radius 2 is 1.33 bits per heavy atom. The number of nitrogens with two attached hydrogens (primary N) is 1. The molecule has 0 amide bonds. The lowest BCUT2D eigenvalue weighted by atomic mass is 10.1. The molecule has 7 nitrogen and oxygen atoms in total. The fraction of sp³-hybridized carbons (Fsp3) is 0.229. The Hall–Kier alpha value is -4.45. The topological polar surface area (TPSA) is 90.4 Å². The summed E-state index contributed by atoms with van der Waals surface area (Å²) in [6, 6.07) is 32.2. The summed E-state index contributed by atoms with van der Waals surface area (Å²) in [5.74, 6) is 0.562. The SMILES string of the molecule is CCCCn1c(-c2ccccc2)nc(-c2ccccc2)c1CN(Cc1ccc(OC(F)(F)F)cc1)Cc1ccc(S(N)(=O)=O)cc1. The van der Waals surface area contributed by atoms with Crippen LogP contribution < -0.4 is 9.88 Å². The van der Waals surface area contributed by atoms with Gasteiger partial charge in [-0.3, -0.25) is 4.90 Å². The van der Waals surface area contributed by atoms with Gasteiger partial charge in [-0.2, -0.15) is 0 Å². The minimum absolute atomic E-state index is 0.0135. The van der Waals surface area contributed by atoms with Gasteiger partial charge in [0.05, 0.1) is 16.3 Å². The van der Waals surface area contributed by atoms with Crippen molar-refractivity contribution in [1.29, 1.82) is 0 Å². The van der Waals surface area contributed by atoms with E-state index in [4.69, 9.17) is 10.1 Å². The smallest absolute Gasteiger partial charge is 0.406 e. The van der Waals surface area contributed by atoms with E-state index in [0.717, 1.165) is 58.9 Å². The van der Waals surface area contributed by atoms with Crippen molar-refractivity contribution in [1.82, 2.24) is 14.5 Å². The molecule has 0 atom stereocenters. The van der Waals surface area contributed by atoms with Crippen LogP contribution in [0.25, 0.3) is 22.6 Å². The maximum Gasteiger partial charge on any atom is 0.573 e. The summed E-state index contributed by atoms with van der Waals surface area (Å²) in [6.07, 6.45) is -2.86. The molecular formula is C35H35F3N4O3S. The highest BCUT2D eigenvalue weighted by molar-refractivity contribution is 7.89. The van der Waals surface area contributed by atoms with Gasteiger partial charge >= 0.3 is 6.36 Å². The molecule has 0 fully saturated rings. The predicted molar refractivity (Wildman–Crippen MR) is 172 cm³/mol. The molecular weight excluding hydrogens is 613 g/mol. The fourth-order valence-electron chi connectivity index (χ4n) is 5.32. The number of hydrogen-bond acceptors (Lipinski definition) is 5. The van der Waals surface area contributed by atoms with E-state index < -0.39 is 16.4 Å². The first-order chi connectivity index (χ1) is 22.0. The van der Waals surface area contributed by atoms with Crippen LogP contribution >= 0.6 is 0 Å². The Bertz CT molecular complexity index is 1830. The predicted octanol–water partition coefficient (Wildman–Crippen LogP) is 7.77. The van der Waals surface area contributed by atoms with Gasteiger partial charge in [0, 0.05) is 37.3 Å². The third-order valence-corrected chi connectivity index (χ3v) is 8.41. The number of halogens is 3. The van der Waals surface area contributed by atoms with E-state index in [9.17, 15) is 21.6 Å². The van der Waals surface area contributed by atoms with Crippen LogP contribution in [0, 0.1) is 0 Å². The molecule has 46 heavy (non-hydrogen) atoms. The van der Waals surface area contributed by atoms with Crippen molar-refractivity contribution in [2.24, 2.45) is 5.14 Å². The average molecular weight is 649 g/mol. The first-order valence-electron chi connectivity index (χ1n) is 14.9. The first-order valence-corrected chi connectivity index (χ1v) is 16.4. The van der Waals surface area contributed by atoms with E-state index in [-0.39, 0.29) is 10.6 Å². The molecule has 240 valence electrons. The summed E-state index contributed by atoms with van der Waals surface area (Å²) in [5.41, 5.74) is 5.42. The van der Waals surface area contributed by atoms with Crippen molar-refractivity contribution in [2.45, 2.75) is 57.2 Å².